The number of aryl methyl sites for hydroxylation is 2. The quantitative estimate of drug-likeness (QED) is 0.891. The molecule has 0 aromatic heterocycles. The van der Waals surface area contributed by atoms with E-state index >= 15 is 0 Å². The minimum absolute atomic E-state index is 0.0622. The molecule has 0 aliphatic carbocycles. The summed E-state index contributed by atoms with van der Waals surface area (Å²) in [7, 11) is 0. The molecule has 4 rings (SSSR count). The summed E-state index contributed by atoms with van der Waals surface area (Å²) in [6.45, 7) is 5.84. The molecule has 0 saturated carbocycles. The minimum Gasteiger partial charge on any atom is -0.352 e. The molecule has 4 atom stereocenters. The van der Waals surface area contributed by atoms with E-state index in [-0.39, 0.29) is 24.7 Å². The first-order chi connectivity index (χ1) is 11.7. The SMILES string of the molecule is Cc1ccccc1C1NC[C@@H]2OC(c3ccccc3C)NC[C@@H]2O1. The van der Waals surface area contributed by atoms with Crippen LogP contribution in [-0.4, -0.2) is 25.3 Å². The van der Waals surface area contributed by atoms with Gasteiger partial charge in [0.15, 0.2) is 0 Å². The van der Waals surface area contributed by atoms with Crippen molar-refractivity contribution in [2.45, 2.75) is 38.5 Å². The van der Waals surface area contributed by atoms with Crippen molar-refractivity contribution in [3.63, 3.8) is 0 Å². The summed E-state index contributed by atoms with van der Waals surface area (Å²) in [6, 6.07) is 16.7. The number of rotatable bonds is 2. The van der Waals surface area contributed by atoms with Crippen LogP contribution in [0.2, 0.25) is 0 Å². The van der Waals surface area contributed by atoms with Gasteiger partial charge in [-0.05, 0) is 36.1 Å². The zero-order valence-corrected chi connectivity index (χ0v) is 14.2. The molecule has 0 amide bonds. The van der Waals surface area contributed by atoms with Gasteiger partial charge in [-0.15, -0.1) is 0 Å². The van der Waals surface area contributed by atoms with Crippen molar-refractivity contribution in [1.29, 1.82) is 0 Å². The molecule has 2 saturated heterocycles. The zero-order chi connectivity index (χ0) is 16.5. The van der Waals surface area contributed by atoms with E-state index in [4.69, 9.17) is 9.47 Å². The van der Waals surface area contributed by atoms with E-state index in [1.807, 2.05) is 0 Å². The first-order valence-electron chi connectivity index (χ1n) is 8.61. The number of nitrogens with one attached hydrogen (secondary N) is 2. The molecular formula is C20H24N2O2. The average Bonchev–Trinajstić information content (AvgIpc) is 2.62. The van der Waals surface area contributed by atoms with Crippen molar-refractivity contribution in [3.05, 3.63) is 70.8 Å². The molecule has 2 aliphatic rings. The van der Waals surface area contributed by atoms with E-state index in [9.17, 15) is 0 Å². The van der Waals surface area contributed by atoms with Crippen LogP contribution in [-0.2, 0) is 9.47 Å². The molecule has 0 radical (unpaired) electrons. The Labute approximate surface area is 143 Å². The number of hydrogen-bond acceptors (Lipinski definition) is 4. The van der Waals surface area contributed by atoms with Gasteiger partial charge in [-0.1, -0.05) is 48.5 Å². The number of hydrogen-bond donors (Lipinski definition) is 2. The maximum absolute atomic E-state index is 6.27. The molecular weight excluding hydrogens is 300 g/mol. The van der Waals surface area contributed by atoms with Crippen LogP contribution in [0.15, 0.2) is 48.5 Å². The van der Waals surface area contributed by atoms with Gasteiger partial charge < -0.3 is 9.47 Å². The van der Waals surface area contributed by atoms with Crippen LogP contribution in [0, 0.1) is 13.8 Å². The largest absolute Gasteiger partial charge is 0.352 e. The first-order valence-corrected chi connectivity index (χ1v) is 8.61. The van der Waals surface area contributed by atoms with Crippen molar-refractivity contribution in [1.82, 2.24) is 10.6 Å². The van der Waals surface area contributed by atoms with E-state index in [1.54, 1.807) is 0 Å². The van der Waals surface area contributed by atoms with Crippen LogP contribution in [0.4, 0.5) is 0 Å². The lowest BCUT2D eigenvalue weighted by Gasteiger charge is -2.43. The van der Waals surface area contributed by atoms with E-state index in [2.05, 4.69) is 73.0 Å². The molecule has 2 unspecified atom stereocenters. The second-order valence-corrected chi connectivity index (χ2v) is 6.64. The molecule has 2 aromatic carbocycles. The maximum Gasteiger partial charge on any atom is 0.135 e. The van der Waals surface area contributed by atoms with Gasteiger partial charge in [0.1, 0.15) is 12.5 Å². The normalized spacial score (nSPS) is 29.9. The second-order valence-electron chi connectivity index (χ2n) is 6.64. The molecule has 0 spiro atoms. The highest BCUT2D eigenvalue weighted by atomic mass is 16.6. The Hall–Kier alpha value is -1.72. The fourth-order valence-corrected chi connectivity index (χ4v) is 3.56. The molecule has 2 fully saturated rings. The number of benzene rings is 2. The molecule has 4 heteroatoms. The highest BCUT2D eigenvalue weighted by Crippen LogP contribution is 2.31. The summed E-state index contributed by atoms with van der Waals surface area (Å²) in [5, 5.41) is 6.97. The summed E-state index contributed by atoms with van der Waals surface area (Å²) in [5.41, 5.74) is 4.90. The standard InChI is InChI=1S/C20H24N2O2/c1-13-7-3-5-9-15(13)19-21-11-18-17(23-19)12-22-20(24-18)16-10-6-4-8-14(16)2/h3-10,17-22H,11-12H2,1-2H3/t17-,18-,19?,20?/m0/s1. The van der Waals surface area contributed by atoms with Crippen LogP contribution in [0.5, 0.6) is 0 Å². The Bertz CT molecular complexity index is 657. The molecule has 4 nitrogen and oxygen atoms in total. The number of fused-ring (bicyclic) bond motifs is 1. The molecule has 2 N–H and O–H groups in total. The van der Waals surface area contributed by atoms with Gasteiger partial charge in [-0.3, -0.25) is 10.6 Å². The summed E-state index contributed by atoms with van der Waals surface area (Å²) >= 11 is 0. The lowest BCUT2D eigenvalue weighted by Crippen LogP contribution is -2.57. The topological polar surface area (TPSA) is 42.5 Å². The fourth-order valence-electron chi connectivity index (χ4n) is 3.56. The third-order valence-corrected chi connectivity index (χ3v) is 4.99. The summed E-state index contributed by atoms with van der Waals surface area (Å²) in [5.74, 6) is 0. The molecule has 126 valence electrons. The van der Waals surface area contributed by atoms with Crippen molar-refractivity contribution >= 4 is 0 Å². The fraction of sp³-hybridized carbons (Fsp3) is 0.400. The van der Waals surface area contributed by atoms with E-state index in [1.165, 1.54) is 22.3 Å². The van der Waals surface area contributed by atoms with E-state index in [0.717, 1.165) is 13.1 Å². The minimum atomic E-state index is -0.0622. The third-order valence-electron chi connectivity index (χ3n) is 4.99. The molecule has 2 aliphatic heterocycles. The average molecular weight is 324 g/mol. The Morgan fingerprint density at radius 2 is 1.12 bits per heavy atom. The van der Waals surface area contributed by atoms with Gasteiger partial charge >= 0.3 is 0 Å². The van der Waals surface area contributed by atoms with Gasteiger partial charge in [0.25, 0.3) is 0 Å². The second kappa shape index (κ2) is 6.65. The van der Waals surface area contributed by atoms with Crippen molar-refractivity contribution in [3.8, 4) is 0 Å². The highest BCUT2D eigenvalue weighted by Gasteiger charge is 2.38. The molecule has 0 bridgehead atoms. The zero-order valence-electron chi connectivity index (χ0n) is 14.2. The van der Waals surface area contributed by atoms with Crippen LogP contribution in [0.25, 0.3) is 0 Å². The smallest absolute Gasteiger partial charge is 0.135 e. The van der Waals surface area contributed by atoms with Gasteiger partial charge in [0.2, 0.25) is 0 Å². The van der Waals surface area contributed by atoms with Crippen molar-refractivity contribution < 1.29 is 9.47 Å². The van der Waals surface area contributed by atoms with E-state index in [0.29, 0.717) is 0 Å². The Kier molecular flexibility index (Phi) is 4.37. The number of ether oxygens (including phenoxy) is 2. The molecule has 24 heavy (non-hydrogen) atoms. The van der Waals surface area contributed by atoms with Crippen LogP contribution >= 0.6 is 0 Å². The van der Waals surface area contributed by atoms with E-state index < -0.39 is 0 Å². The van der Waals surface area contributed by atoms with Crippen LogP contribution in [0.1, 0.15) is 34.7 Å². The lowest BCUT2D eigenvalue weighted by atomic mass is 10.0. The van der Waals surface area contributed by atoms with Gasteiger partial charge in [0, 0.05) is 13.1 Å². The highest BCUT2D eigenvalue weighted by molar-refractivity contribution is 5.29. The first kappa shape index (κ1) is 15.8. The Balaban J connectivity index is 1.46. The Morgan fingerprint density at radius 1 is 0.708 bits per heavy atom. The van der Waals surface area contributed by atoms with Crippen LogP contribution in [0.3, 0.4) is 0 Å². The van der Waals surface area contributed by atoms with Crippen molar-refractivity contribution in [2.24, 2.45) is 0 Å². The monoisotopic (exact) mass is 324 g/mol. The predicted molar refractivity (Wildman–Crippen MR) is 93.6 cm³/mol. The van der Waals surface area contributed by atoms with Crippen molar-refractivity contribution in [2.75, 3.05) is 13.1 Å². The third kappa shape index (κ3) is 2.98. The summed E-state index contributed by atoms with van der Waals surface area (Å²) in [6.07, 6.45) is 0.00738. The lowest BCUT2D eigenvalue weighted by molar-refractivity contribution is -0.194. The molecule has 2 aromatic rings. The summed E-state index contributed by atoms with van der Waals surface area (Å²) in [4.78, 5) is 0. The van der Waals surface area contributed by atoms with Gasteiger partial charge in [-0.2, -0.15) is 0 Å². The predicted octanol–water partition coefficient (Wildman–Crippen LogP) is 2.98. The van der Waals surface area contributed by atoms with Gasteiger partial charge in [-0.25, -0.2) is 0 Å². The summed E-state index contributed by atoms with van der Waals surface area (Å²) < 4.78 is 12.5. The molecule has 2 heterocycles. The Morgan fingerprint density at radius 3 is 1.54 bits per heavy atom. The van der Waals surface area contributed by atoms with Gasteiger partial charge in [0.05, 0.1) is 12.2 Å². The maximum atomic E-state index is 6.27. The van der Waals surface area contributed by atoms with Crippen LogP contribution < -0.4 is 10.6 Å².